The molecule has 0 saturated carbocycles. The number of amides is 1. The Kier molecular flexibility index (Phi) is 9.80. The van der Waals surface area contributed by atoms with E-state index in [2.05, 4.69) is 29.2 Å². The number of carbonyl (C=O) groups excluding carboxylic acids is 1. The highest BCUT2D eigenvalue weighted by Gasteiger charge is 2.28. The third-order valence-electron chi connectivity index (χ3n) is 8.33. The summed E-state index contributed by atoms with van der Waals surface area (Å²) in [7, 11) is 0. The zero-order valence-corrected chi connectivity index (χ0v) is 26.1. The molecule has 0 spiro atoms. The summed E-state index contributed by atoms with van der Waals surface area (Å²) in [6.45, 7) is 2.50. The average molecular weight is 619 g/mol. The number of carboxylic acid groups (broad SMARTS) is 1. The number of para-hydroxylation sites is 2. The number of carbonyl (C=O) groups is 2. The highest BCUT2D eigenvalue weighted by Crippen LogP contribution is 2.32. The van der Waals surface area contributed by atoms with E-state index < -0.39 is 11.9 Å². The second kappa shape index (κ2) is 14.5. The van der Waals surface area contributed by atoms with Crippen LogP contribution >= 0.6 is 11.8 Å². The molecule has 4 aromatic carbocycles. The highest BCUT2D eigenvalue weighted by atomic mass is 32.2. The van der Waals surface area contributed by atoms with Crippen molar-refractivity contribution in [1.82, 2.24) is 9.55 Å². The average Bonchev–Trinajstić information content (AvgIpc) is 3.42. The number of thioether (sulfide) groups is 1. The van der Waals surface area contributed by atoms with Gasteiger partial charge in [0.2, 0.25) is 5.91 Å². The normalized spacial score (nSPS) is 13.3. The van der Waals surface area contributed by atoms with Crippen molar-refractivity contribution in [1.29, 1.82) is 0 Å². The summed E-state index contributed by atoms with van der Waals surface area (Å²) < 4.78 is 1.76. The van der Waals surface area contributed by atoms with Crippen molar-refractivity contribution < 1.29 is 14.7 Å². The first kappa shape index (κ1) is 30.5. The van der Waals surface area contributed by atoms with Gasteiger partial charge in [-0.2, -0.15) is 0 Å². The number of piperidine rings is 1. The van der Waals surface area contributed by atoms with Gasteiger partial charge in [-0.1, -0.05) is 84.6 Å². The molecule has 1 saturated heterocycles. The van der Waals surface area contributed by atoms with Gasteiger partial charge >= 0.3 is 5.97 Å². The van der Waals surface area contributed by atoms with Crippen LogP contribution in [0.2, 0.25) is 0 Å². The van der Waals surface area contributed by atoms with Crippen molar-refractivity contribution in [3.63, 3.8) is 0 Å². The van der Waals surface area contributed by atoms with Gasteiger partial charge in [0.1, 0.15) is 6.54 Å². The summed E-state index contributed by atoms with van der Waals surface area (Å²) in [6, 6.07) is 36.0. The largest absolute Gasteiger partial charge is 0.480 e. The van der Waals surface area contributed by atoms with Gasteiger partial charge in [-0.05, 0) is 73.2 Å². The molecule has 0 aliphatic carbocycles. The number of aromatic nitrogens is 2. The number of carboxylic acids is 1. The fourth-order valence-electron chi connectivity index (χ4n) is 6.12. The van der Waals surface area contributed by atoms with Gasteiger partial charge in [0.25, 0.3) is 0 Å². The first-order valence-electron chi connectivity index (χ1n) is 15.6. The van der Waals surface area contributed by atoms with Crippen LogP contribution in [0.25, 0.3) is 11.0 Å². The Balaban J connectivity index is 1.26. The molecular weight excluding hydrogens is 580 g/mol. The zero-order valence-electron chi connectivity index (χ0n) is 25.3. The lowest BCUT2D eigenvalue weighted by atomic mass is 9.89. The van der Waals surface area contributed by atoms with Crippen LogP contribution in [0.3, 0.4) is 0 Å². The van der Waals surface area contributed by atoms with Gasteiger partial charge in [-0.25, -0.2) is 4.98 Å². The van der Waals surface area contributed by atoms with Crippen LogP contribution < -0.4 is 9.80 Å². The molecule has 7 nitrogen and oxygen atoms in total. The fraction of sp³-hybridized carbons (Fsp3) is 0.270. The number of anilines is 2. The summed E-state index contributed by atoms with van der Waals surface area (Å²) >= 11 is 1.53. The maximum absolute atomic E-state index is 14.6. The van der Waals surface area contributed by atoms with Gasteiger partial charge in [0.15, 0.2) is 5.16 Å². The maximum atomic E-state index is 14.6. The molecule has 0 atom stereocenters. The molecule has 0 unspecified atom stereocenters. The van der Waals surface area contributed by atoms with E-state index in [1.54, 1.807) is 4.57 Å². The lowest BCUT2D eigenvalue weighted by Gasteiger charge is -2.31. The lowest BCUT2D eigenvalue weighted by molar-refractivity contribution is -0.137. The van der Waals surface area contributed by atoms with Gasteiger partial charge in [-0.15, -0.1) is 0 Å². The second-order valence-electron chi connectivity index (χ2n) is 11.4. The summed E-state index contributed by atoms with van der Waals surface area (Å²) in [5.41, 5.74) is 5.57. The molecule has 0 radical (unpaired) electrons. The van der Waals surface area contributed by atoms with E-state index in [1.165, 1.54) is 36.7 Å². The predicted octanol–water partition coefficient (Wildman–Crippen LogP) is 7.46. The molecule has 1 aliphatic rings. The topological polar surface area (TPSA) is 78.7 Å². The van der Waals surface area contributed by atoms with Crippen LogP contribution in [0.4, 0.5) is 11.4 Å². The minimum absolute atomic E-state index is 0.0289. The summed E-state index contributed by atoms with van der Waals surface area (Å²) in [6.07, 6.45) is 4.40. The molecule has 5 aromatic rings. The quantitative estimate of drug-likeness (QED) is 0.116. The Morgan fingerprint density at radius 1 is 0.800 bits per heavy atom. The first-order chi connectivity index (χ1) is 22.1. The van der Waals surface area contributed by atoms with E-state index in [0.29, 0.717) is 23.9 Å². The predicted molar refractivity (Wildman–Crippen MR) is 182 cm³/mol. The number of hydrogen-bond donors (Lipinski definition) is 1. The minimum atomic E-state index is -0.905. The number of hydrogen-bond acceptors (Lipinski definition) is 5. The van der Waals surface area contributed by atoms with Gasteiger partial charge < -0.3 is 19.5 Å². The smallest absolute Gasteiger partial charge is 0.323 e. The number of fused-ring (bicyclic) bond motifs is 1. The van der Waals surface area contributed by atoms with E-state index in [4.69, 9.17) is 4.98 Å². The van der Waals surface area contributed by atoms with Crippen molar-refractivity contribution in [3.05, 3.63) is 120 Å². The molecule has 1 fully saturated rings. The number of rotatable bonds is 12. The van der Waals surface area contributed by atoms with E-state index in [1.807, 2.05) is 89.8 Å². The number of benzene rings is 4. The molecule has 1 N–H and O–H groups in total. The summed E-state index contributed by atoms with van der Waals surface area (Å²) in [5, 5.41) is 10.2. The Morgan fingerprint density at radius 2 is 1.42 bits per heavy atom. The maximum Gasteiger partial charge on any atom is 0.323 e. The van der Waals surface area contributed by atoms with Crippen LogP contribution in [0.1, 0.15) is 42.7 Å². The van der Waals surface area contributed by atoms with E-state index in [-0.39, 0.29) is 12.5 Å². The molecule has 0 bridgehead atoms. The van der Waals surface area contributed by atoms with Gasteiger partial charge in [0, 0.05) is 36.8 Å². The Bertz CT molecular complexity index is 1680. The van der Waals surface area contributed by atoms with Crippen molar-refractivity contribution in [2.45, 2.75) is 43.3 Å². The van der Waals surface area contributed by atoms with Gasteiger partial charge in [-0.3, -0.25) is 9.59 Å². The summed E-state index contributed by atoms with van der Waals surface area (Å²) in [4.78, 5) is 35.3. The van der Waals surface area contributed by atoms with Crippen LogP contribution in [0.15, 0.2) is 114 Å². The molecule has 8 heteroatoms. The van der Waals surface area contributed by atoms with Gasteiger partial charge in [0.05, 0.1) is 17.0 Å². The molecule has 6 rings (SSSR count). The van der Waals surface area contributed by atoms with Crippen LogP contribution in [-0.2, 0) is 16.1 Å². The highest BCUT2D eigenvalue weighted by molar-refractivity contribution is 7.99. The SMILES string of the molecule is O=C(O)Cn1c(SCCCN(C(=O)C(c2ccccc2)c2ccccc2)c2ccc(N3CCCCC3)cc2)nc2ccccc21. The summed E-state index contributed by atoms with van der Waals surface area (Å²) in [5.74, 6) is -0.639. The lowest BCUT2D eigenvalue weighted by Crippen LogP contribution is -2.37. The van der Waals surface area contributed by atoms with E-state index in [0.717, 1.165) is 40.9 Å². The Labute approximate surface area is 268 Å². The molecule has 1 amide bonds. The van der Waals surface area contributed by atoms with Crippen molar-refractivity contribution >= 4 is 46.0 Å². The first-order valence-corrected chi connectivity index (χ1v) is 16.6. The standard InChI is InChI=1S/C37H38N4O3S/c42-34(43)27-41-33-18-9-8-17-32(33)38-37(41)45-26-12-25-40(31-21-19-30(20-22-31)39-23-10-3-11-24-39)36(44)35(28-13-4-1-5-14-28)29-15-6-2-7-16-29/h1-2,4-9,13-22,35H,3,10-12,23-27H2,(H,42,43). The third kappa shape index (κ3) is 7.23. The Hall–Kier alpha value is -4.56. The van der Waals surface area contributed by atoms with Crippen molar-refractivity contribution in [3.8, 4) is 0 Å². The molecular formula is C37H38N4O3S. The van der Waals surface area contributed by atoms with E-state index >= 15 is 0 Å². The van der Waals surface area contributed by atoms with Crippen molar-refractivity contribution in [2.75, 3.05) is 35.2 Å². The number of imidazole rings is 1. The third-order valence-corrected chi connectivity index (χ3v) is 9.39. The molecule has 1 aromatic heterocycles. The minimum Gasteiger partial charge on any atom is -0.480 e. The fourth-order valence-corrected chi connectivity index (χ4v) is 7.06. The van der Waals surface area contributed by atoms with Crippen LogP contribution in [-0.4, -0.2) is 51.9 Å². The zero-order chi connectivity index (χ0) is 31.0. The molecule has 1 aliphatic heterocycles. The Morgan fingerprint density at radius 3 is 2.07 bits per heavy atom. The number of aliphatic carboxylic acids is 1. The van der Waals surface area contributed by atoms with Crippen LogP contribution in [0.5, 0.6) is 0 Å². The number of nitrogens with zero attached hydrogens (tertiary/aromatic N) is 4. The molecule has 2 heterocycles. The molecule has 230 valence electrons. The van der Waals surface area contributed by atoms with Crippen molar-refractivity contribution in [2.24, 2.45) is 0 Å². The molecule has 45 heavy (non-hydrogen) atoms. The van der Waals surface area contributed by atoms with Crippen LogP contribution in [0, 0.1) is 0 Å². The van der Waals surface area contributed by atoms with E-state index in [9.17, 15) is 14.7 Å². The second-order valence-corrected chi connectivity index (χ2v) is 12.4. The monoisotopic (exact) mass is 618 g/mol.